The molecule has 0 unspecified atom stereocenters. The Morgan fingerprint density at radius 2 is 1.74 bits per heavy atom. The molecule has 1 aromatic carbocycles. The van der Waals surface area contributed by atoms with E-state index in [0.29, 0.717) is 25.5 Å². The second kappa shape index (κ2) is 13.1. The quantitative estimate of drug-likeness (QED) is 0.324. The highest BCUT2D eigenvalue weighted by atomic mass is 127. The lowest BCUT2D eigenvalue weighted by molar-refractivity contribution is -0.131. The molecule has 0 saturated carbocycles. The monoisotopic (exact) mass is 536 g/mol. The maximum Gasteiger partial charge on any atom is 0.224 e. The Kier molecular flexibility index (Phi) is 10.6. The lowest BCUT2D eigenvalue weighted by Gasteiger charge is -2.35. The van der Waals surface area contributed by atoms with Crippen molar-refractivity contribution in [1.82, 2.24) is 20.5 Å². The lowest BCUT2D eigenvalue weighted by atomic mass is 10.1. The highest BCUT2D eigenvalue weighted by Crippen LogP contribution is 2.13. The van der Waals surface area contributed by atoms with E-state index < -0.39 is 0 Å². The molecule has 2 N–H and O–H groups in total. The van der Waals surface area contributed by atoms with Gasteiger partial charge in [0.15, 0.2) is 5.96 Å². The molecule has 0 aliphatic carbocycles. The topological polar surface area (TPSA) is 72.9 Å². The van der Waals surface area contributed by atoms with E-state index in [4.69, 9.17) is 0 Å². The van der Waals surface area contributed by atoms with Crippen molar-refractivity contribution < 1.29 is 4.79 Å². The van der Waals surface area contributed by atoms with Crippen LogP contribution >= 0.6 is 24.0 Å². The number of nitrogens with one attached hydrogen (secondary N) is 2. The van der Waals surface area contributed by atoms with E-state index in [1.54, 1.807) is 13.2 Å². The van der Waals surface area contributed by atoms with Gasteiger partial charge in [0.25, 0.3) is 0 Å². The van der Waals surface area contributed by atoms with Crippen molar-refractivity contribution in [3.05, 3.63) is 59.8 Å². The molecule has 1 aliphatic heterocycles. The summed E-state index contributed by atoms with van der Waals surface area (Å²) in [5.41, 5.74) is 2.60. The molecular formula is C23H33IN6O. The summed E-state index contributed by atoms with van der Waals surface area (Å²) < 4.78 is 0. The van der Waals surface area contributed by atoms with Crippen molar-refractivity contribution in [3.8, 4) is 0 Å². The van der Waals surface area contributed by atoms with Crippen LogP contribution in [0.25, 0.3) is 0 Å². The van der Waals surface area contributed by atoms with Crippen molar-refractivity contribution in [2.45, 2.75) is 26.3 Å². The number of aryl methyl sites for hydroxylation is 1. The average molecular weight is 536 g/mol. The predicted octanol–water partition coefficient (Wildman–Crippen LogP) is 2.67. The summed E-state index contributed by atoms with van der Waals surface area (Å²) in [5.74, 6) is 1.87. The third-order valence-electron chi connectivity index (χ3n) is 5.41. The molecule has 1 fully saturated rings. The number of piperazine rings is 1. The van der Waals surface area contributed by atoms with Gasteiger partial charge in [0.2, 0.25) is 5.91 Å². The molecule has 0 radical (unpaired) electrons. The number of rotatable bonds is 7. The largest absolute Gasteiger partial charge is 0.356 e. The summed E-state index contributed by atoms with van der Waals surface area (Å²) in [4.78, 5) is 25.4. The number of hydrogen-bond acceptors (Lipinski definition) is 4. The van der Waals surface area contributed by atoms with Gasteiger partial charge in [0.05, 0.1) is 0 Å². The highest BCUT2D eigenvalue weighted by molar-refractivity contribution is 14.0. The Balaban J connectivity index is 0.00000341. The maximum atomic E-state index is 12.6. The van der Waals surface area contributed by atoms with Crippen LogP contribution in [0.3, 0.4) is 0 Å². The number of anilines is 1. The van der Waals surface area contributed by atoms with E-state index in [0.717, 1.165) is 38.4 Å². The first-order valence-corrected chi connectivity index (χ1v) is 10.7. The summed E-state index contributed by atoms with van der Waals surface area (Å²) in [6, 6.07) is 14.3. The first-order chi connectivity index (χ1) is 14.7. The van der Waals surface area contributed by atoms with Crippen molar-refractivity contribution in [1.29, 1.82) is 0 Å². The Morgan fingerprint density at radius 1 is 1.03 bits per heavy atom. The van der Waals surface area contributed by atoms with Crippen LogP contribution in [0.1, 0.15) is 24.5 Å². The van der Waals surface area contributed by atoms with Crippen LogP contribution in [0.2, 0.25) is 0 Å². The molecule has 1 saturated heterocycles. The van der Waals surface area contributed by atoms with Gasteiger partial charge >= 0.3 is 0 Å². The average Bonchev–Trinajstić information content (AvgIpc) is 2.82. The Bertz CT molecular complexity index is 837. The fourth-order valence-corrected chi connectivity index (χ4v) is 3.65. The van der Waals surface area contributed by atoms with Crippen molar-refractivity contribution in [2.24, 2.45) is 4.99 Å². The minimum absolute atomic E-state index is 0. The van der Waals surface area contributed by atoms with Crippen molar-refractivity contribution in [3.63, 3.8) is 0 Å². The van der Waals surface area contributed by atoms with E-state index in [9.17, 15) is 4.79 Å². The van der Waals surface area contributed by atoms with Gasteiger partial charge in [-0.1, -0.05) is 37.3 Å². The molecule has 0 spiro atoms. The third kappa shape index (κ3) is 7.37. The lowest BCUT2D eigenvalue weighted by Crippen LogP contribution is -2.49. The first-order valence-electron chi connectivity index (χ1n) is 10.7. The second-order valence-electron chi connectivity index (χ2n) is 7.28. The zero-order valence-electron chi connectivity index (χ0n) is 18.4. The maximum absolute atomic E-state index is 12.6. The molecule has 0 atom stereocenters. The van der Waals surface area contributed by atoms with Gasteiger partial charge in [-0.3, -0.25) is 9.79 Å². The van der Waals surface area contributed by atoms with Crippen molar-refractivity contribution >= 4 is 41.7 Å². The fraction of sp³-hybridized carbons (Fsp3) is 0.435. The minimum atomic E-state index is 0. The summed E-state index contributed by atoms with van der Waals surface area (Å²) >= 11 is 0. The third-order valence-corrected chi connectivity index (χ3v) is 5.41. The number of benzene rings is 1. The molecule has 8 heteroatoms. The molecule has 168 valence electrons. The number of hydrogen-bond donors (Lipinski definition) is 2. The van der Waals surface area contributed by atoms with Gasteiger partial charge in [-0.2, -0.15) is 0 Å². The van der Waals surface area contributed by atoms with Gasteiger partial charge < -0.3 is 20.4 Å². The molecule has 31 heavy (non-hydrogen) atoms. The van der Waals surface area contributed by atoms with E-state index in [-0.39, 0.29) is 29.9 Å². The summed E-state index contributed by atoms with van der Waals surface area (Å²) in [6.07, 6.45) is 3.27. The van der Waals surface area contributed by atoms with Crippen LogP contribution in [0.15, 0.2) is 53.7 Å². The van der Waals surface area contributed by atoms with Crippen LogP contribution in [-0.4, -0.2) is 61.5 Å². The Hall–Kier alpha value is -2.36. The fourth-order valence-electron chi connectivity index (χ4n) is 3.65. The minimum Gasteiger partial charge on any atom is -0.356 e. The normalized spacial score (nSPS) is 14.1. The van der Waals surface area contributed by atoms with E-state index in [1.165, 1.54) is 11.1 Å². The smallest absolute Gasteiger partial charge is 0.224 e. The summed E-state index contributed by atoms with van der Waals surface area (Å²) in [7, 11) is 1.75. The zero-order chi connectivity index (χ0) is 21.2. The molecule has 1 amide bonds. The Morgan fingerprint density at radius 3 is 2.39 bits per heavy atom. The number of aromatic nitrogens is 1. The second-order valence-corrected chi connectivity index (χ2v) is 7.28. The number of nitrogens with zero attached hydrogens (tertiary/aromatic N) is 4. The molecule has 2 heterocycles. The molecule has 7 nitrogen and oxygen atoms in total. The Labute approximate surface area is 202 Å². The molecular weight excluding hydrogens is 503 g/mol. The van der Waals surface area contributed by atoms with Crippen LogP contribution < -0.4 is 15.5 Å². The zero-order valence-corrected chi connectivity index (χ0v) is 20.7. The number of halogens is 1. The van der Waals surface area contributed by atoms with Crippen LogP contribution in [0, 0.1) is 0 Å². The van der Waals surface area contributed by atoms with Crippen LogP contribution in [0.4, 0.5) is 5.82 Å². The number of guanidine groups is 1. The van der Waals surface area contributed by atoms with E-state index >= 15 is 0 Å². The van der Waals surface area contributed by atoms with Gasteiger partial charge in [0.1, 0.15) is 5.82 Å². The molecule has 1 aliphatic rings. The van der Waals surface area contributed by atoms with Crippen LogP contribution in [-0.2, 0) is 17.8 Å². The van der Waals surface area contributed by atoms with Gasteiger partial charge in [-0.25, -0.2) is 4.98 Å². The van der Waals surface area contributed by atoms with Crippen LogP contribution in [0.5, 0.6) is 0 Å². The number of pyridine rings is 1. The van der Waals surface area contributed by atoms with E-state index in [2.05, 4.69) is 56.7 Å². The molecule has 3 rings (SSSR count). The number of carbonyl (C=O) groups is 1. The predicted molar refractivity (Wildman–Crippen MR) is 137 cm³/mol. The van der Waals surface area contributed by atoms with E-state index in [1.807, 2.05) is 23.1 Å². The van der Waals surface area contributed by atoms with Gasteiger partial charge in [-0.15, -0.1) is 24.0 Å². The summed E-state index contributed by atoms with van der Waals surface area (Å²) in [5, 5.41) is 6.59. The summed E-state index contributed by atoms with van der Waals surface area (Å²) in [6.45, 7) is 6.54. The number of amides is 1. The molecule has 1 aromatic heterocycles. The first kappa shape index (κ1) is 24.9. The molecule has 2 aromatic rings. The van der Waals surface area contributed by atoms with Gasteiger partial charge in [-0.05, 0) is 29.7 Å². The molecule has 0 bridgehead atoms. The number of aliphatic imine (C=N–C) groups is 1. The van der Waals surface area contributed by atoms with Gasteiger partial charge in [0, 0.05) is 58.9 Å². The van der Waals surface area contributed by atoms with Crippen molar-refractivity contribution in [2.75, 3.05) is 44.7 Å². The highest BCUT2D eigenvalue weighted by Gasteiger charge is 2.21. The SMILES string of the molecule is CCc1ccccc1CNC(=NC)NCCC(=O)N1CCN(c2ccccn2)CC1.I. The number of carbonyl (C=O) groups excluding carboxylic acids is 1. The standard InChI is InChI=1S/C23H32N6O.HI/c1-3-19-8-4-5-9-20(19)18-27-23(24-2)26-13-11-22(30)29-16-14-28(15-17-29)21-10-6-7-12-25-21;/h4-10,12H,3,11,13-18H2,1-2H3,(H2,24,26,27);1H.